The molecule has 0 aromatic heterocycles. The van der Waals surface area contributed by atoms with Gasteiger partial charge in [0, 0.05) is 5.56 Å². The van der Waals surface area contributed by atoms with Crippen LogP contribution in [0.4, 0.5) is 0 Å². The molecule has 0 saturated heterocycles. The van der Waals surface area contributed by atoms with Crippen molar-refractivity contribution in [1.29, 1.82) is 0 Å². The highest BCUT2D eigenvalue weighted by atomic mass is 32.2. The summed E-state index contributed by atoms with van der Waals surface area (Å²) in [5, 5.41) is 0. The van der Waals surface area contributed by atoms with Gasteiger partial charge in [-0.15, -0.1) is 0 Å². The highest BCUT2D eigenvalue weighted by Gasteiger charge is 2.21. The lowest BCUT2D eigenvalue weighted by atomic mass is 10.0. The maximum Gasteiger partial charge on any atom is 0.339 e. The third kappa shape index (κ3) is 4.42. The number of carbonyl (C=O) groups excluding carboxylic acids is 1. The molecule has 0 N–H and O–H groups in total. The zero-order valence-corrected chi connectivity index (χ0v) is 15.1. The highest BCUT2D eigenvalue weighted by molar-refractivity contribution is 7.90. The van der Waals surface area contributed by atoms with E-state index in [1.54, 1.807) is 36.4 Å². The van der Waals surface area contributed by atoms with Gasteiger partial charge in [-0.2, -0.15) is 12.8 Å². The van der Waals surface area contributed by atoms with Crippen molar-refractivity contribution in [3.63, 3.8) is 0 Å². The third-order valence-corrected chi connectivity index (χ3v) is 4.86. The summed E-state index contributed by atoms with van der Waals surface area (Å²) in [6.07, 6.45) is 0. The standard InChI is InChI=1S/C19H19NO4S/c1-13-5-9-16(10-6-13)18(15(3)19(21)24-4)20-25(22,23)17-11-7-14(2)8-12-17/h5-12H,3H2,1-2,4H3/b20-18-. The quantitative estimate of drug-likeness (QED) is 0.468. The van der Waals surface area contributed by atoms with Crippen LogP contribution in [0.2, 0.25) is 0 Å². The summed E-state index contributed by atoms with van der Waals surface area (Å²) in [5.74, 6) is -0.738. The van der Waals surface area contributed by atoms with Gasteiger partial charge >= 0.3 is 5.97 Å². The average Bonchev–Trinajstić information content (AvgIpc) is 2.59. The lowest BCUT2D eigenvalue weighted by molar-refractivity contribution is -0.135. The minimum Gasteiger partial charge on any atom is -0.465 e. The van der Waals surface area contributed by atoms with Gasteiger partial charge in [-0.3, -0.25) is 0 Å². The summed E-state index contributed by atoms with van der Waals surface area (Å²) in [5.41, 5.74) is 2.24. The number of sulfonamides is 1. The van der Waals surface area contributed by atoms with Crippen LogP contribution in [0.25, 0.3) is 0 Å². The van der Waals surface area contributed by atoms with Gasteiger partial charge in [0.2, 0.25) is 0 Å². The van der Waals surface area contributed by atoms with Crippen LogP contribution in [0.1, 0.15) is 16.7 Å². The van der Waals surface area contributed by atoms with E-state index >= 15 is 0 Å². The van der Waals surface area contributed by atoms with Crippen LogP contribution in [-0.2, 0) is 19.6 Å². The Morgan fingerprint density at radius 1 is 0.960 bits per heavy atom. The Morgan fingerprint density at radius 2 is 1.44 bits per heavy atom. The number of benzene rings is 2. The SMILES string of the molecule is C=C(C(=O)OC)/C(=N/S(=O)(=O)c1ccc(C)cc1)c1ccc(C)cc1. The van der Waals surface area contributed by atoms with E-state index in [-0.39, 0.29) is 16.2 Å². The Hall–Kier alpha value is -2.73. The Labute approximate surface area is 147 Å². The molecule has 0 fully saturated rings. The minimum absolute atomic E-state index is 0.0348. The van der Waals surface area contributed by atoms with Gasteiger partial charge in [0.05, 0.1) is 23.3 Å². The summed E-state index contributed by atoms with van der Waals surface area (Å²) in [6.45, 7) is 7.41. The van der Waals surface area contributed by atoms with Gasteiger partial charge < -0.3 is 4.74 Å². The minimum atomic E-state index is -4.00. The monoisotopic (exact) mass is 357 g/mol. The van der Waals surface area contributed by atoms with E-state index in [1.807, 2.05) is 13.8 Å². The molecule has 0 unspecified atom stereocenters. The smallest absolute Gasteiger partial charge is 0.339 e. The Kier molecular flexibility index (Phi) is 5.54. The summed E-state index contributed by atoms with van der Waals surface area (Å²) >= 11 is 0. The molecular formula is C19H19NO4S. The number of esters is 1. The molecular weight excluding hydrogens is 338 g/mol. The van der Waals surface area contributed by atoms with E-state index < -0.39 is 16.0 Å². The van der Waals surface area contributed by atoms with Gasteiger partial charge in [-0.25, -0.2) is 4.79 Å². The molecule has 0 amide bonds. The van der Waals surface area contributed by atoms with Crippen LogP contribution < -0.4 is 0 Å². The summed E-state index contributed by atoms with van der Waals surface area (Å²) < 4.78 is 33.8. The predicted molar refractivity (Wildman–Crippen MR) is 97.2 cm³/mol. The Bertz CT molecular complexity index is 924. The first kappa shape index (κ1) is 18.6. The normalized spacial score (nSPS) is 11.9. The first-order valence-electron chi connectivity index (χ1n) is 7.51. The van der Waals surface area contributed by atoms with Gasteiger partial charge in [0.15, 0.2) is 0 Å². The predicted octanol–water partition coefficient (Wildman–Crippen LogP) is 3.21. The van der Waals surface area contributed by atoms with E-state index in [0.717, 1.165) is 11.1 Å². The van der Waals surface area contributed by atoms with Crippen LogP contribution in [0.5, 0.6) is 0 Å². The van der Waals surface area contributed by atoms with Crippen molar-refractivity contribution in [1.82, 2.24) is 0 Å². The van der Waals surface area contributed by atoms with Crippen LogP contribution in [-0.4, -0.2) is 27.2 Å². The number of hydrogen-bond donors (Lipinski definition) is 0. The first-order valence-corrected chi connectivity index (χ1v) is 8.95. The van der Waals surface area contributed by atoms with Crippen molar-refractivity contribution >= 4 is 21.7 Å². The second kappa shape index (κ2) is 7.44. The van der Waals surface area contributed by atoms with E-state index in [1.165, 1.54) is 19.2 Å². The zero-order chi connectivity index (χ0) is 18.6. The molecule has 0 spiro atoms. The van der Waals surface area contributed by atoms with Gasteiger partial charge in [0.1, 0.15) is 0 Å². The molecule has 0 aliphatic rings. The number of rotatable bonds is 5. The van der Waals surface area contributed by atoms with Crippen molar-refractivity contribution in [2.45, 2.75) is 18.7 Å². The molecule has 6 heteroatoms. The fraction of sp³-hybridized carbons (Fsp3) is 0.158. The maximum absolute atomic E-state index is 12.6. The fourth-order valence-corrected chi connectivity index (χ4v) is 3.14. The lowest BCUT2D eigenvalue weighted by Gasteiger charge is -2.09. The molecule has 0 radical (unpaired) electrons. The number of nitrogens with zero attached hydrogens (tertiary/aromatic N) is 1. The molecule has 0 aliphatic heterocycles. The van der Waals surface area contributed by atoms with Crippen LogP contribution in [0, 0.1) is 13.8 Å². The van der Waals surface area contributed by atoms with E-state index in [9.17, 15) is 13.2 Å². The molecule has 0 atom stereocenters. The topological polar surface area (TPSA) is 72.8 Å². The van der Waals surface area contributed by atoms with Crippen molar-refractivity contribution in [2.24, 2.45) is 4.40 Å². The molecule has 130 valence electrons. The zero-order valence-electron chi connectivity index (χ0n) is 14.3. The number of carbonyl (C=O) groups is 1. The summed E-state index contributed by atoms with van der Waals surface area (Å²) in [4.78, 5) is 11.9. The van der Waals surface area contributed by atoms with Crippen LogP contribution >= 0.6 is 0 Å². The lowest BCUT2D eigenvalue weighted by Crippen LogP contribution is -2.16. The fourth-order valence-electron chi connectivity index (χ4n) is 2.10. The Balaban J connectivity index is 2.59. The molecule has 0 saturated carbocycles. The number of hydrogen-bond acceptors (Lipinski definition) is 4. The van der Waals surface area contributed by atoms with Crippen LogP contribution in [0.3, 0.4) is 0 Å². The molecule has 0 bridgehead atoms. The van der Waals surface area contributed by atoms with Gasteiger partial charge in [-0.1, -0.05) is 54.1 Å². The number of aryl methyl sites for hydroxylation is 2. The third-order valence-electron chi connectivity index (χ3n) is 3.57. The number of ether oxygens (including phenoxy) is 1. The molecule has 25 heavy (non-hydrogen) atoms. The maximum atomic E-state index is 12.6. The summed E-state index contributed by atoms with van der Waals surface area (Å²) in [6, 6.07) is 13.3. The average molecular weight is 357 g/mol. The van der Waals surface area contributed by atoms with E-state index in [0.29, 0.717) is 5.56 Å². The molecule has 2 aromatic carbocycles. The molecule has 0 aliphatic carbocycles. The molecule has 0 heterocycles. The van der Waals surface area contributed by atoms with Crippen LogP contribution in [0.15, 0.2) is 70.0 Å². The molecule has 5 nitrogen and oxygen atoms in total. The largest absolute Gasteiger partial charge is 0.465 e. The second-order valence-corrected chi connectivity index (χ2v) is 7.17. The summed E-state index contributed by atoms with van der Waals surface area (Å²) in [7, 11) is -2.80. The molecule has 2 rings (SSSR count). The van der Waals surface area contributed by atoms with E-state index in [2.05, 4.69) is 15.7 Å². The van der Waals surface area contributed by atoms with Crippen molar-refractivity contribution in [2.75, 3.05) is 7.11 Å². The highest BCUT2D eigenvalue weighted by Crippen LogP contribution is 2.18. The van der Waals surface area contributed by atoms with E-state index in [4.69, 9.17) is 0 Å². The van der Waals surface area contributed by atoms with Gasteiger partial charge in [0.25, 0.3) is 10.0 Å². The van der Waals surface area contributed by atoms with Crippen molar-refractivity contribution in [3.05, 3.63) is 77.4 Å². The second-order valence-electron chi connectivity index (χ2n) is 5.56. The first-order chi connectivity index (χ1) is 11.7. The molecule has 2 aromatic rings. The number of methoxy groups -OCH3 is 1. The van der Waals surface area contributed by atoms with Crippen molar-refractivity contribution < 1.29 is 17.9 Å². The van der Waals surface area contributed by atoms with Crippen molar-refractivity contribution in [3.8, 4) is 0 Å². The van der Waals surface area contributed by atoms with Gasteiger partial charge in [-0.05, 0) is 26.0 Å². The Morgan fingerprint density at radius 3 is 1.92 bits per heavy atom.